The van der Waals surface area contributed by atoms with E-state index in [0.717, 1.165) is 13.1 Å². The van der Waals surface area contributed by atoms with Crippen LogP contribution in [0.5, 0.6) is 0 Å². The van der Waals surface area contributed by atoms with Gasteiger partial charge < -0.3 is 10.2 Å². The highest BCUT2D eigenvalue weighted by molar-refractivity contribution is 5.00. The van der Waals surface area contributed by atoms with Crippen LogP contribution < -0.4 is 5.32 Å². The zero-order valence-corrected chi connectivity index (χ0v) is 11.7. The second-order valence-electron chi connectivity index (χ2n) is 5.28. The summed E-state index contributed by atoms with van der Waals surface area (Å²) in [6.45, 7) is 10.0. The van der Waals surface area contributed by atoms with Gasteiger partial charge in [0.1, 0.15) is 0 Å². The maximum absolute atomic E-state index is 4.29. The van der Waals surface area contributed by atoms with Gasteiger partial charge in [-0.05, 0) is 45.8 Å². The maximum atomic E-state index is 4.29. The van der Waals surface area contributed by atoms with Gasteiger partial charge in [-0.1, -0.05) is 6.42 Å². The summed E-state index contributed by atoms with van der Waals surface area (Å²) in [7, 11) is 0. The summed E-state index contributed by atoms with van der Waals surface area (Å²) in [4.78, 5) is 2.58. The SMILES string of the molecule is CCn1nccc1CNC(C)CN1CCCCC1. The van der Waals surface area contributed by atoms with Gasteiger partial charge in [0.25, 0.3) is 0 Å². The molecule has 1 fully saturated rings. The van der Waals surface area contributed by atoms with Gasteiger partial charge in [-0.3, -0.25) is 4.68 Å². The molecule has 1 atom stereocenters. The first-order valence-corrected chi connectivity index (χ1v) is 7.26. The summed E-state index contributed by atoms with van der Waals surface area (Å²) in [5.41, 5.74) is 1.28. The molecule has 1 unspecified atom stereocenters. The molecular weight excluding hydrogens is 224 g/mol. The van der Waals surface area contributed by atoms with Crippen LogP contribution in [0, 0.1) is 0 Å². The quantitative estimate of drug-likeness (QED) is 0.836. The minimum absolute atomic E-state index is 0.545. The fourth-order valence-electron chi connectivity index (χ4n) is 2.67. The van der Waals surface area contributed by atoms with Crippen molar-refractivity contribution >= 4 is 0 Å². The second-order valence-corrected chi connectivity index (χ2v) is 5.28. The Morgan fingerprint density at radius 2 is 2.11 bits per heavy atom. The van der Waals surface area contributed by atoms with Gasteiger partial charge in [0, 0.05) is 31.9 Å². The van der Waals surface area contributed by atoms with Crippen molar-refractivity contribution in [2.75, 3.05) is 19.6 Å². The normalized spacial score (nSPS) is 19.0. The van der Waals surface area contributed by atoms with Gasteiger partial charge >= 0.3 is 0 Å². The van der Waals surface area contributed by atoms with Crippen LogP contribution in [0.4, 0.5) is 0 Å². The topological polar surface area (TPSA) is 33.1 Å². The van der Waals surface area contributed by atoms with Crippen LogP contribution in [0.15, 0.2) is 12.3 Å². The number of rotatable bonds is 6. The Morgan fingerprint density at radius 3 is 2.83 bits per heavy atom. The van der Waals surface area contributed by atoms with Crippen LogP contribution in [0.2, 0.25) is 0 Å². The second kappa shape index (κ2) is 6.90. The average Bonchev–Trinajstić information content (AvgIpc) is 2.85. The summed E-state index contributed by atoms with van der Waals surface area (Å²) in [5, 5.41) is 7.90. The molecule has 2 rings (SSSR count). The lowest BCUT2D eigenvalue weighted by Gasteiger charge is -2.29. The Labute approximate surface area is 110 Å². The van der Waals surface area contributed by atoms with E-state index in [9.17, 15) is 0 Å². The zero-order chi connectivity index (χ0) is 12.8. The molecule has 0 aromatic carbocycles. The molecule has 2 heterocycles. The van der Waals surface area contributed by atoms with E-state index in [1.54, 1.807) is 0 Å². The number of aromatic nitrogens is 2. The molecule has 1 N–H and O–H groups in total. The third-order valence-corrected chi connectivity index (χ3v) is 3.72. The molecule has 1 aromatic heterocycles. The van der Waals surface area contributed by atoms with Crippen molar-refractivity contribution in [1.82, 2.24) is 20.0 Å². The molecule has 0 aliphatic carbocycles. The summed E-state index contributed by atoms with van der Waals surface area (Å²) >= 11 is 0. The van der Waals surface area contributed by atoms with Crippen molar-refractivity contribution in [2.24, 2.45) is 0 Å². The highest BCUT2D eigenvalue weighted by atomic mass is 15.3. The Bertz CT molecular complexity index is 341. The summed E-state index contributed by atoms with van der Waals surface area (Å²) in [5.74, 6) is 0. The predicted octanol–water partition coefficient (Wildman–Crippen LogP) is 1.87. The molecule has 1 aliphatic rings. The van der Waals surface area contributed by atoms with E-state index < -0.39 is 0 Å². The van der Waals surface area contributed by atoms with Crippen LogP contribution in [0.25, 0.3) is 0 Å². The zero-order valence-electron chi connectivity index (χ0n) is 11.7. The van der Waals surface area contributed by atoms with E-state index in [4.69, 9.17) is 0 Å². The van der Waals surface area contributed by atoms with E-state index in [2.05, 4.69) is 39.9 Å². The number of hydrogen-bond acceptors (Lipinski definition) is 3. The van der Waals surface area contributed by atoms with Crippen LogP contribution in [-0.2, 0) is 13.1 Å². The largest absolute Gasteiger partial charge is 0.307 e. The number of piperidine rings is 1. The van der Waals surface area contributed by atoms with Crippen LogP contribution in [-0.4, -0.2) is 40.4 Å². The van der Waals surface area contributed by atoms with Gasteiger partial charge in [-0.15, -0.1) is 0 Å². The van der Waals surface area contributed by atoms with Gasteiger partial charge in [0.2, 0.25) is 0 Å². The molecule has 4 nitrogen and oxygen atoms in total. The van der Waals surface area contributed by atoms with Gasteiger partial charge in [0.05, 0.1) is 5.69 Å². The van der Waals surface area contributed by atoms with E-state index in [0.29, 0.717) is 6.04 Å². The fraction of sp³-hybridized carbons (Fsp3) is 0.786. The lowest BCUT2D eigenvalue weighted by atomic mass is 10.1. The summed E-state index contributed by atoms with van der Waals surface area (Å²) in [6, 6.07) is 2.65. The maximum Gasteiger partial charge on any atom is 0.0522 e. The summed E-state index contributed by atoms with van der Waals surface area (Å²) < 4.78 is 2.06. The number of nitrogens with zero attached hydrogens (tertiary/aromatic N) is 3. The fourth-order valence-corrected chi connectivity index (χ4v) is 2.67. The number of likely N-dealkylation sites (tertiary alicyclic amines) is 1. The monoisotopic (exact) mass is 250 g/mol. The van der Waals surface area contributed by atoms with E-state index in [-0.39, 0.29) is 0 Å². The number of aryl methyl sites for hydroxylation is 1. The third kappa shape index (κ3) is 3.82. The standard InChI is InChI=1S/C14H26N4/c1-3-18-14(7-8-16-18)11-15-13(2)12-17-9-5-4-6-10-17/h7-8,13,15H,3-6,9-12H2,1-2H3. The van der Waals surface area contributed by atoms with Gasteiger partial charge in [0.15, 0.2) is 0 Å². The van der Waals surface area contributed by atoms with Crippen molar-refractivity contribution < 1.29 is 0 Å². The first-order valence-electron chi connectivity index (χ1n) is 7.26. The predicted molar refractivity (Wildman–Crippen MR) is 74.5 cm³/mol. The van der Waals surface area contributed by atoms with Crippen molar-refractivity contribution in [3.8, 4) is 0 Å². The van der Waals surface area contributed by atoms with Gasteiger partial charge in [-0.25, -0.2) is 0 Å². The molecule has 0 bridgehead atoms. The average molecular weight is 250 g/mol. The first-order chi connectivity index (χ1) is 8.79. The minimum Gasteiger partial charge on any atom is -0.307 e. The molecule has 0 saturated carbocycles. The van der Waals surface area contributed by atoms with Crippen molar-refractivity contribution in [3.05, 3.63) is 18.0 Å². The highest BCUT2D eigenvalue weighted by Gasteiger charge is 2.13. The molecule has 0 spiro atoms. The molecule has 0 amide bonds. The highest BCUT2D eigenvalue weighted by Crippen LogP contribution is 2.09. The van der Waals surface area contributed by atoms with Crippen molar-refractivity contribution in [1.29, 1.82) is 0 Å². The van der Waals surface area contributed by atoms with Gasteiger partial charge in [-0.2, -0.15) is 5.10 Å². The van der Waals surface area contributed by atoms with Crippen molar-refractivity contribution in [3.63, 3.8) is 0 Å². The third-order valence-electron chi connectivity index (χ3n) is 3.72. The lowest BCUT2D eigenvalue weighted by molar-refractivity contribution is 0.208. The van der Waals surface area contributed by atoms with Crippen LogP contribution >= 0.6 is 0 Å². The lowest BCUT2D eigenvalue weighted by Crippen LogP contribution is -2.41. The van der Waals surface area contributed by atoms with Crippen molar-refractivity contribution in [2.45, 2.75) is 52.2 Å². The molecule has 0 radical (unpaired) electrons. The molecule has 4 heteroatoms. The number of hydrogen-bond donors (Lipinski definition) is 1. The molecule has 102 valence electrons. The van der Waals surface area contributed by atoms with Crippen LogP contribution in [0.1, 0.15) is 38.8 Å². The molecule has 1 aliphatic heterocycles. The number of nitrogens with one attached hydrogen (secondary N) is 1. The molecule has 18 heavy (non-hydrogen) atoms. The summed E-state index contributed by atoms with van der Waals surface area (Å²) in [6.07, 6.45) is 6.04. The molecular formula is C14H26N4. The smallest absolute Gasteiger partial charge is 0.0522 e. The molecule has 1 aromatic rings. The van der Waals surface area contributed by atoms with Crippen LogP contribution in [0.3, 0.4) is 0 Å². The van der Waals surface area contributed by atoms with E-state index in [1.165, 1.54) is 44.6 Å². The first kappa shape index (κ1) is 13.6. The molecule has 1 saturated heterocycles. The Kier molecular flexibility index (Phi) is 5.20. The Balaban J connectivity index is 1.72. The Morgan fingerprint density at radius 1 is 1.33 bits per heavy atom. The van der Waals surface area contributed by atoms with E-state index >= 15 is 0 Å². The van der Waals surface area contributed by atoms with E-state index in [1.807, 2.05) is 6.20 Å². The minimum atomic E-state index is 0.545. The Hall–Kier alpha value is -0.870.